The van der Waals surface area contributed by atoms with Crippen molar-refractivity contribution < 1.29 is 19.4 Å². The van der Waals surface area contributed by atoms with Crippen molar-refractivity contribution in [3.8, 4) is 11.5 Å². The van der Waals surface area contributed by atoms with Gasteiger partial charge < -0.3 is 14.6 Å². The molecule has 0 atom stereocenters. The number of aromatic hydroxyl groups is 1. The standard InChI is InChI=1S/C15H20O4/c1-4-18-10-19-15-8-14(17)13(9-16)7-12(15)6-5-11(2)3/h5,7-9,17H,4,6,10H2,1-3H3. The van der Waals surface area contributed by atoms with Crippen molar-refractivity contribution >= 4 is 6.29 Å². The lowest BCUT2D eigenvalue weighted by atomic mass is 10.0. The van der Waals surface area contributed by atoms with Gasteiger partial charge in [-0.15, -0.1) is 0 Å². The van der Waals surface area contributed by atoms with Crippen LogP contribution in [0.2, 0.25) is 0 Å². The molecule has 0 saturated carbocycles. The molecule has 1 N–H and O–H groups in total. The summed E-state index contributed by atoms with van der Waals surface area (Å²) in [4.78, 5) is 10.8. The Balaban J connectivity index is 3.00. The molecule has 0 radical (unpaired) electrons. The number of benzene rings is 1. The summed E-state index contributed by atoms with van der Waals surface area (Å²) in [5.41, 5.74) is 2.29. The van der Waals surface area contributed by atoms with Gasteiger partial charge in [0, 0.05) is 12.7 Å². The Hall–Kier alpha value is -1.81. The molecule has 0 aliphatic rings. The van der Waals surface area contributed by atoms with Gasteiger partial charge in [0.15, 0.2) is 13.1 Å². The normalized spacial score (nSPS) is 10.1. The van der Waals surface area contributed by atoms with E-state index in [1.165, 1.54) is 11.6 Å². The molecule has 104 valence electrons. The third-order valence-corrected chi connectivity index (χ3v) is 2.57. The maximum Gasteiger partial charge on any atom is 0.189 e. The highest BCUT2D eigenvalue weighted by molar-refractivity contribution is 5.80. The summed E-state index contributed by atoms with van der Waals surface area (Å²) >= 11 is 0. The number of ether oxygens (including phenoxy) is 2. The van der Waals surface area contributed by atoms with Gasteiger partial charge in [0.25, 0.3) is 0 Å². The Morgan fingerprint density at radius 2 is 2.11 bits per heavy atom. The van der Waals surface area contributed by atoms with Crippen LogP contribution in [0.15, 0.2) is 23.8 Å². The zero-order valence-electron chi connectivity index (χ0n) is 11.6. The summed E-state index contributed by atoms with van der Waals surface area (Å²) in [7, 11) is 0. The van der Waals surface area contributed by atoms with Gasteiger partial charge in [-0.25, -0.2) is 0 Å². The molecule has 0 amide bonds. The molecule has 0 bridgehead atoms. The van der Waals surface area contributed by atoms with E-state index in [2.05, 4.69) is 0 Å². The van der Waals surface area contributed by atoms with E-state index in [9.17, 15) is 9.90 Å². The van der Waals surface area contributed by atoms with Gasteiger partial charge in [0.1, 0.15) is 11.5 Å². The third-order valence-electron chi connectivity index (χ3n) is 2.57. The van der Waals surface area contributed by atoms with Gasteiger partial charge >= 0.3 is 0 Å². The van der Waals surface area contributed by atoms with Crippen molar-refractivity contribution in [2.75, 3.05) is 13.4 Å². The molecular formula is C15H20O4. The van der Waals surface area contributed by atoms with Gasteiger partial charge in [0.05, 0.1) is 5.56 Å². The fourth-order valence-corrected chi connectivity index (χ4v) is 1.52. The molecule has 0 aliphatic heterocycles. The number of carbonyl (C=O) groups excluding carboxylic acids is 1. The van der Waals surface area contributed by atoms with Crippen LogP contribution in [-0.4, -0.2) is 24.8 Å². The zero-order valence-corrected chi connectivity index (χ0v) is 11.6. The summed E-state index contributed by atoms with van der Waals surface area (Å²) in [6, 6.07) is 3.10. The molecule has 4 nitrogen and oxygen atoms in total. The second kappa shape index (κ2) is 7.59. The SMILES string of the molecule is CCOCOc1cc(O)c(C=O)cc1CC=C(C)C. The van der Waals surface area contributed by atoms with E-state index in [-0.39, 0.29) is 18.1 Å². The van der Waals surface area contributed by atoms with Gasteiger partial charge in [-0.2, -0.15) is 0 Å². The molecule has 0 fully saturated rings. The van der Waals surface area contributed by atoms with Gasteiger partial charge in [-0.3, -0.25) is 4.79 Å². The molecule has 0 aliphatic carbocycles. The predicted octanol–water partition coefficient (Wildman–Crippen LogP) is 3.09. The quantitative estimate of drug-likeness (QED) is 0.356. The minimum absolute atomic E-state index is 0.0811. The van der Waals surface area contributed by atoms with E-state index in [1.54, 1.807) is 6.07 Å². The summed E-state index contributed by atoms with van der Waals surface area (Å²) in [6.07, 6.45) is 3.31. The minimum atomic E-state index is -0.0811. The number of hydrogen-bond donors (Lipinski definition) is 1. The number of aldehydes is 1. The summed E-state index contributed by atoms with van der Waals surface area (Å²) in [5.74, 6) is 0.455. The Labute approximate surface area is 113 Å². The van der Waals surface area contributed by atoms with Crippen LogP contribution in [0.3, 0.4) is 0 Å². The monoisotopic (exact) mass is 264 g/mol. The van der Waals surface area contributed by atoms with Crippen LogP contribution >= 0.6 is 0 Å². The highest BCUT2D eigenvalue weighted by Crippen LogP contribution is 2.28. The smallest absolute Gasteiger partial charge is 0.189 e. The number of hydrogen-bond acceptors (Lipinski definition) is 4. The van der Waals surface area contributed by atoms with E-state index in [0.717, 1.165) is 5.56 Å². The number of allylic oxidation sites excluding steroid dienone is 2. The maximum atomic E-state index is 10.8. The van der Waals surface area contributed by atoms with Gasteiger partial charge in [-0.1, -0.05) is 11.6 Å². The fourth-order valence-electron chi connectivity index (χ4n) is 1.52. The first-order valence-corrected chi connectivity index (χ1v) is 6.23. The van der Waals surface area contributed by atoms with Crippen molar-refractivity contribution in [2.24, 2.45) is 0 Å². The first-order chi connectivity index (χ1) is 9.08. The van der Waals surface area contributed by atoms with Crippen LogP contribution < -0.4 is 4.74 Å². The topological polar surface area (TPSA) is 55.8 Å². The van der Waals surface area contributed by atoms with Crippen LogP contribution in [0.25, 0.3) is 0 Å². The van der Waals surface area contributed by atoms with Crippen LogP contribution in [-0.2, 0) is 11.2 Å². The largest absolute Gasteiger partial charge is 0.507 e. The molecule has 0 unspecified atom stereocenters. The molecule has 1 aromatic carbocycles. The molecule has 0 aromatic heterocycles. The fraction of sp³-hybridized carbons (Fsp3) is 0.400. The highest BCUT2D eigenvalue weighted by Gasteiger charge is 2.09. The lowest BCUT2D eigenvalue weighted by Crippen LogP contribution is -2.04. The number of rotatable bonds is 7. The van der Waals surface area contributed by atoms with Crippen molar-refractivity contribution in [1.82, 2.24) is 0 Å². The zero-order chi connectivity index (χ0) is 14.3. The minimum Gasteiger partial charge on any atom is -0.507 e. The summed E-state index contributed by atoms with van der Waals surface area (Å²) < 4.78 is 10.6. The number of phenolic OH excluding ortho intramolecular Hbond substituents is 1. The number of carbonyl (C=O) groups is 1. The van der Waals surface area contributed by atoms with E-state index in [0.29, 0.717) is 25.1 Å². The third kappa shape index (κ3) is 4.75. The predicted molar refractivity (Wildman–Crippen MR) is 73.8 cm³/mol. The maximum absolute atomic E-state index is 10.8. The van der Waals surface area contributed by atoms with Crippen molar-refractivity contribution in [1.29, 1.82) is 0 Å². The lowest BCUT2D eigenvalue weighted by molar-refractivity contribution is 0.0218. The van der Waals surface area contributed by atoms with E-state index < -0.39 is 0 Å². The van der Waals surface area contributed by atoms with E-state index in [4.69, 9.17) is 9.47 Å². The average Bonchev–Trinajstić information content (AvgIpc) is 2.37. The van der Waals surface area contributed by atoms with Crippen LogP contribution in [0.4, 0.5) is 0 Å². The Morgan fingerprint density at radius 1 is 1.37 bits per heavy atom. The number of phenols is 1. The highest BCUT2D eigenvalue weighted by atomic mass is 16.7. The molecule has 0 heterocycles. The van der Waals surface area contributed by atoms with E-state index in [1.807, 2.05) is 26.8 Å². The van der Waals surface area contributed by atoms with E-state index >= 15 is 0 Å². The second-order valence-electron chi connectivity index (χ2n) is 4.38. The average molecular weight is 264 g/mol. The first kappa shape index (κ1) is 15.2. The summed E-state index contributed by atoms with van der Waals surface area (Å²) in [5, 5.41) is 9.68. The van der Waals surface area contributed by atoms with Crippen molar-refractivity contribution in [3.63, 3.8) is 0 Å². The second-order valence-corrected chi connectivity index (χ2v) is 4.38. The molecule has 0 saturated heterocycles. The van der Waals surface area contributed by atoms with Crippen LogP contribution in [0.5, 0.6) is 11.5 Å². The lowest BCUT2D eigenvalue weighted by Gasteiger charge is -2.12. The molecule has 1 rings (SSSR count). The molecule has 4 heteroatoms. The summed E-state index contributed by atoms with van der Waals surface area (Å²) in [6.45, 7) is 6.56. The first-order valence-electron chi connectivity index (χ1n) is 6.23. The Morgan fingerprint density at radius 3 is 2.68 bits per heavy atom. The molecule has 0 spiro atoms. The van der Waals surface area contributed by atoms with Crippen molar-refractivity contribution in [3.05, 3.63) is 34.9 Å². The Kier molecular flexibility index (Phi) is 6.09. The molecule has 1 aromatic rings. The molecular weight excluding hydrogens is 244 g/mol. The Bertz CT molecular complexity index is 459. The van der Waals surface area contributed by atoms with Crippen LogP contribution in [0.1, 0.15) is 36.7 Å². The molecule has 19 heavy (non-hydrogen) atoms. The van der Waals surface area contributed by atoms with Crippen LogP contribution in [0, 0.1) is 0 Å². The van der Waals surface area contributed by atoms with Crippen molar-refractivity contribution in [2.45, 2.75) is 27.2 Å². The van der Waals surface area contributed by atoms with Gasteiger partial charge in [-0.05, 0) is 38.8 Å². The van der Waals surface area contributed by atoms with Gasteiger partial charge in [0.2, 0.25) is 0 Å².